The van der Waals surface area contributed by atoms with Gasteiger partial charge in [-0.15, -0.1) is 0 Å². The van der Waals surface area contributed by atoms with Crippen LogP contribution >= 0.6 is 11.6 Å². The van der Waals surface area contributed by atoms with Crippen LogP contribution in [0.1, 0.15) is 15.9 Å². The average Bonchev–Trinajstić information content (AvgIpc) is 2.74. The second kappa shape index (κ2) is 9.36. The van der Waals surface area contributed by atoms with Gasteiger partial charge in [0.15, 0.2) is 0 Å². The molecule has 2 N–H and O–H groups in total. The Hall–Kier alpha value is -2.46. The highest BCUT2D eigenvalue weighted by Crippen LogP contribution is 2.18. The van der Waals surface area contributed by atoms with E-state index in [1.54, 1.807) is 24.3 Å². The molecule has 154 valence electrons. The van der Waals surface area contributed by atoms with Gasteiger partial charge in [0.25, 0.3) is 5.91 Å². The average molecular weight is 438 g/mol. The number of hydrogen-bond donors (Lipinski definition) is 2. The maximum atomic E-state index is 12.7. The molecule has 0 saturated carbocycles. The molecule has 10 heteroatoms. The summed E-state index contributed by atoms with van der Waals surface area (Å²) in [6.07, 6.45) is -0.00853. The Morgan fingerprint density at radius 2 is 1.76 bits per heavy atom. The molecule has 8 nitrogen and oxygen atoms in total. The molecule has 1 saturated heterocycles. The van der Waals surface area contributed by atoms with Gasteiger partial charge in [0.2, 0.25) is 15.9 Å². The van der Waals surface area contributed by atoms with Gasteiger partial charge in [-0.1, -0.05) is 35.9 Å². The van der Waals surface area contributed by atoms with E-state index in [0.717, 1.165) is 0 Å². The molecule has 1 aliphatic heterocycles. The minimum atomic E-state index is -3.72. The lowest BCUT2D eigenvalue weighted by atomic mass is 10.1. The Kier molecular flexibility index (Phi) is 6.86. The zero-order valence-corrected chi connectivity index (χ0v) is 17.0. The third kappa shape index (κ3) is 5.33. The van der Waals surface area contributed by atoms with Crippen LogP contribution in [0.15, 0.2) is 53.4 Å². The van der Waals surface area contributed by atoms with E-state index in [0.29, 0.717) is 23.8 Å². The zero-order valence-electron chi connectivity index (χ0n) is 15.4. The molecule has 0 unspecified atom stereocenters. The number of ether oxygens (including phenoxy) is 1. The topological polar surface area (TPSA) is 105 Å². The largest absolute Gasteiger partial charge is 0.379 e. The minimum Gasteiger partial charge on any atom is -0.379 e. The molecule has 0 bridgehead atoms. The molecule has 0 spiro atoms. The van der Waals surface area contributed by atoms with Gasteiger partial charge in [-0.2, -0.15) is 4.31 Å². The molecule has 0 aromatic heterocycles. The van der Waals surface area contributed by atoms with Crippen LogP contribution in [0, 0.1) is 0 Å². The van der Waals surface area contributed by atoms with Crippen molar-refractivity contribution in [1.82, 2.24) is 15.2 Å². The molecule has 29 heavy (non-hydrogen) atoms. The predicted octanol–water partition coefficient (Wildman–Crippen LogP) is 1.36. The fourth-order valence-corrected chi connectivity index (χ4v) is 4.45. The Morgan fingerprint density at radius 3 is 2.48 bits per heavy atom. The van der Waals surface area contributed by atoms with Gasteiger partial charge in [-0.3, -0.25) is 20.4 Å². The number of nitrogens with zero attached hydrogens (tertiary/aromatic N) is 1. The lowest BCUT2D eigenvalue weighted by Crippen LogP contribution is -2.42. The zero-order chi connectivity index (χ0) is 20.9. The Labute approximate surface area is 173 Å². The van der Waals surface area contributed by atoms with Gasteiger partial charge in [0.1, 0.15) is 0 Å². The number of halogens is 1. The minimum absolute atomic E-state index is 0.00853. The number of carbonyl (C=O) groups excluding carboxylic acids is 2. The summed E-state index contributed by atoms with van der Waals surface area (Å²) >= 11 is 6.02. The summed E-state index contributed by atoms with van der Waals surface area (Å²) in [5.41, 5.74) is 5.32. The predicted molar refractivity (Wildman–Crippen MR) is 107 cm³/mol. The van der Waals surface area contributed by atoms with Crippen LogP contribution in [0.4, 0.5) is 0 Å². The van der Waals surface area contributed by atoms with Crippen molar-refractivity contribution < 1.29 is 22.7 Å². The molecule has 1 aliphatic rings. The van der Waals surface area contributed by atoms with Crippen molar-refractivity contribution in [2.24, 2.45) is 0 Å². The summed E-state index contributed by atoms with van der Waals surface area (Å²) in [6, 6.07) is 12.5. The second-order valence-corrected chi connectivity index (χ2v) is 8.66. The second-order valence-electron chi connectivity index (χ2n) is 6.31. The Bertz CT molecular complexity index is 1010. The van der Waals surface area contributed by atoms with E-state index in [1.807, 2.05) is 0 Å². The summed E-state index contributed by atoms with van der Waals surface area (Å²) < 4.78 is 31.9. The summed E-state index contributed by atoms with van der Waals surface area (Å²) in [7, 11) is -3.72. The summed E-state index contributed by atoms with van der Waals surface area (Å²) in [4.78, 5) is 24.4. The first-order chi connectivity index (χ1) is 13.9. The van der Waals surface area contributed by atoms with Crippen LogP contribution in [-0.2, 0) is 26.0 Å². The van der Waals surface area contributed by atoms with E-state index in [-0.39, 0.29) is 30.0 Å². The summed E-state index contributed by atoms with van der Waals surface area (Å²) in [5, 5.41) is 0.454. The third-order valence-corrected chi connectivity index (χ3v) is 6.59. The highest BCUT2D eigenvalue weighted by Gasteiger charge is 2.26. The highest BCUT2D eigenvalue weighted by atomic mass is 35.5. The molecular formula is C19H20ClN3O5S. The monoisotopic (exact) mass is 437 g/mol. The van der Waals surface area contributed by atoms with E-state index < -0.39 is 21.8 Å². The van der Waals surface area contributed by atoms with Gasteiger partial charge >= 0.3 is 0 Å². The van der Waals surface area contributed by atoms with Gasteiger partial charge in [0, 0.05) is 23.7 Å². The van der Waals surface area contributed by atoms with E-state index in [9.17, 15) is 18.0 Å². The van der Waals surface area contributed by atoms with Crippen LogP contribution in [0.5, 0.6) is 0 Å². The number of benzene rings is 2. The number of hydrogen-bond acceptors (Lipinski definition) is 5. The van der Waals surface area contributed by atoms with Gasteiger partial charge < -0.3 is 4.74 Å². The molecule has 2 aromatic rings. The third-order valence-electron chi connectivity index (χ3n) is 4.33. The van der Waals surface area contributed by atoms with Crippen molar-refractivity contribution >= 4 is 33.4 Å². The van der Waals surface area contributed by atoms with Crippen molar-refractivity contribution in [1.29, 1.82) is 0 Å². The van der Waals surface area contributed by atoms with Crippen molar-refractivity contribution in [2.75, 3.05) is 26.3 Å². The SMILES string of the molecule is O=C(Cc1ccccc1Cl)NNC(=O)c1cccc(S(=O)(=O)N2CCOCC2)c1. The number of carbonyl (C=O) groups is 2. The standard InChI is InChI=1S/C19H20ClN3O5S/c20-17-7-2-1-4-14(17)13-18(24)21-22-19(25)15-5-3-6-16(12-15)29(26,27)23-8-10-28-11-9-23/h1-7,12H,8-11,13H2,(H,21,24)(H,22,25). The van der Waals surface area contributed by atoms with E-state index >= 15 is 0 Å². The lowest BCUT2D eigenvalue weighted by Gasteiger charge is -2.26. The van der Waals surface area contributed by atoms with E-state index in [4.69, 9.17) is 16.3 Å². The molecular weight excluding hydrogens is 418 g/mol. The van der Waals surface area contributed by atoms with Crippen molar-refractivity contribution in [3.05, 3.63) is 64.7 Å². The summed E-state index contributed by atoms with van der Waals surface area (Å²) in [6.45, 7) is 1.18. The fourth-order valence-electron chi connectivity index (χ4n) is 2.79. The van der Waals surface area contributed by atoms with Crippen molar-refractivity contribution in [2.45, 2.75) is 11.3 Å². The number of rotatable bonds is 5. The van der Waals surface area contributed by atoms with Crippen molar-refractivity contribution in [3.8, 4) is 0 Å². The van der Waals surface area contributed by atoms with Gasteiger partial charge in [0.05, 0.1) is 24.5 Å². The lowest BCUT2D eigenvalue weighted by molar-refractivity contribution is -0.121. The maximum absolute atomic E-state index is 12.7. The van der Waals surface area contributed by atoms with Crippen LogP contribution in [0.3, 0.4) is 0 Å². The first-order valence-electron chi connectivity index (χ1n) is 8.88. The Morgan fingerprint density at radius 1 is 1.03 bits per heavy atom. The van der Waals surface area contributed by atoms with E-state index in [2.05, 4.69) is 10.9 Å². The quantitative estimate of drug-likeness (QED) is 0.687. The molecule has 0 radical (unpaired) electrons. The number of amides is 2. The van der Waals surface area contributed by atoms with Crippen LogP contribution in [-0.4, -0.2) is 50.8 Å². The van der Waals surface area contributed by atoms with Crippen molar-refractivity contribution in [3.63, 3.8) is 0 Å². The number of nitrogens with one attached hydrogen (secondary N) is 2. The molecule has 0 atom stereocenters. The van der Waals surface area contributed by atoms with Crippen LogP contribution < -0.4 is 10.9 Å². The first kappa shape index (κ1) is 21.3. The van der Waals surface area contributed by atoms with Gasteiger partial charge in [-0.25, -0.2) is 8.42 Å². The number of hydrazine groups is 1. The van der Waals surface area contributed by atoms with Gasteiger partial charge in [-0.05, 0) is 29.8 Å². The molecule has 0 aliphatic carbocycles. The summed E-state index contributed by atoms with van der Waals surface area (Å²) in [5.74, 6) is -1.08. The first-order valence-corrected chi connectivity index (χ1v) is 10.7. The van der Waals surface area contributed by atoms with E-state index in [1.165, 1.54) is 28.6 Å². The molecule has 2 amide bonds. The van der Waals surface area contributed by atoms with Crippen LogP contribution in [0.2, 0.25) is 5.02 Å². The fraction of sp³-hybridized carbons (Fsp3) is 0.263. The molecule has 2 aromatic carbocycles. The molecule has 3 rings (SSSR count). The Balaban J connectivity index is 1.63. The number of morpholine rings is 1. The number of sulfonamides is 1. The highest BCUT2D eigenvalue weighted by molar-refractivity contribution is 7.89. The smallest absolute Gasteiger partial charge is 0.269 e. The maximum Gasteiger partial charge on any atom is 0.269 e. The molecule has 1 heterocycles. The molecule has 1 fully saturated rings. The normalized spacial score (nSPS) is 14.9. The van der Waals surface area contributed by atoms with Crippen LogP contribution in [0.25, 0.3) is 0 Å².